The Morgan fingerprint density at radius 3 is 2.24 bits per heavy atom. The van der Waals surface area contributed by atoms with E-state index in [1.165, 1.54) is 6.42 Å². The first-order valence-electron chi connectivity index (χ1n) is 10.1. The van der Waals surface area contributed by atoms with Gasteiger partial charge in [-0.1, -0.05) is 26.0 Å². The molecule has 0 unspecified atom stereocenters. The number of primary amides is 1. The number of anilines is 1. The monoisotopic (exact) mass is 480 g/mol. The van der Waals surface area contributed by atoms with Crippen LogP contribution in [0.25, 0.3) is 16.6 Å². The molecule has 2 aromatic carbocycles. The number of carbonyl (C=O) groups is 2. The predicted octanol–water partition coefficient (Wildman–Crippen LogP) is 3.97. The van der Waals surface area contributed by atoms with Crippen molar-refractivity contribution >= 4 is 28.5 Å². The zero-order chi connectivity index (χ0) is 24.2. The number of hydrogen-bond donors (Lipinski definition) is 4. The Hall–Kier alpha value is -3.60. The number of hydrogen-bond acceptors (Lipinski definition) is 5. The van der Waals surface area contributed by atoms with Crippen molar-refractivity contribution in [3.05, 3.63) is 54.2 Å². The van der Waals surface area contributed by atoms with Gasteiger partial charge in [0.2, 0.25) is 0 Å². The van der Waals surface area contributed by atoms with Gasteiger partial charge in [-0.15, -0.1) is 0 Å². The van der Waals surface area contributed by atoms with Gasteiger partial charge in [0, 0.05) is 29.2 Å². The van der Waals surface area contributed by atoms with Crippen molar-refractivity contribution in [2.45, 2.75) is 32.9 Å². The van der Waals surface area contributed by atoms with E-state index in [4.69, 9.17) is 15.6 Å². The third kappa shape index (κ3) is 6.04. The number of halogens is 3. The molecule has 1 aliphatic rings. The third-order valence-electron chi connectivity index (χ3n) is 5.59. The second-order valence-electron chi connectivity index (χ2n) is 7.90. The van der Waals surface area contributed by atoms with Gasteiger partial charge >= 0.3 is 12.1 Å². The number of aliphatic carboxylic acids is 1. The number of aromatic nitrogens is 2. The van der Waals surface area contributed by atoms with Gasteiger partial charge < -0.3 is 21.3 Å². The van der Waals surface area contributed by atoms with Crippen molar-refractivity contribution in [1.29, 1.82) is 0 Å². The standard InChI is InChI=1S/C20H22N4O2.C2HF3O2.CH4/c21-19(26)17-4-1-3-14-11-24(23-18(14)17)16-7-5-15(6-8-16)22-12-20(13-25)9-2-10-20;3-2(4,5)1(6)7;/h1,3-8,11,22,25H,2,9-10,12-13H2,(H2,21,26);(H,6,7);1H4. The Morgan fingerprint density at radius 2 is 1.76 bits per heavy atom. The first kappa shape index (κ1) is 26.7. The normalized spacial score (nSPS) is 14.2. The van der Waals surface area contributed by atoms with E-state index in [1.807, 2.05) is 36.5 Å². The highest BCUT2D eigenvalue weighted by molar-refractivity contribution is 6.04. The number of carboxylic acid groups (broad SMARTS) is 1. The van der Waals surface area contributed by atoms with Crippen LogP contribution in [0.3, 0.4) is 0 Å². The van der Waals surface area contributed by atoms with E-state index in [1.54, 1.807) is 16.8 Å². The zero-order valence-corrected chi connectivity index (χ0v) is 17.5. The van der Waals surface area contributed by atoms with Gasteiger partial charge in [0.05, 0.1) is 17.9 Å². The highest BCUT2D eigenvalue weighted by Gasteiger charge is 2.38. The summed E-state index contributed by atoms with van der Waals surface area (Å²) in [4.78, 5) is 20.5. The van der Waals surface area contributed by atoms with Gasteiger partial charge in [0.15, 0.2) is 0 Å². The largest absolute Gasteiger partial charge is 0.490 e. The Balaban J connectivity index is 0.000000449. The quantitative estimate of drug-likeness (QED) is 0.422. The minimum absolute atomic E-state index is 0. The van der Waals surface area contributed by atoms with Crippen LogP contribution in [0.2, 0.25) is 0 Å². The summed E-state index contributed by atoms with van der Waals surface area (Å²) in [6.45, 7) is 1.02. The fourth-order valence-corrected chi connectivity index (χ4v) is 3.47. The van der Waals surface area contributed by atoms with Gasteiger partial charge in [-0.25, -0.2) is 9.48 Å². The summed E-state index contributed by atoms with van der Waals surface area (Å²) >= 11 is 0. The molecule has 5 N–H and O–H groups in total. The van der Waals surface area contributed by atoms with Crippen LogP contribution in [0.1, 0.15) is 37.0 Å². The fraction of sp³-hybridized carbons (Fsp3) is 0.348. The maximum absolute atomic E-state index is 11.6. The molecule has 0 aliphatic heterocycles. The predicted molar refractivity (Wildman–Crippen MR) is 122 cm³/mol. The number of aliphatic hydroxyl groups is 1. The summed E-state index contributed by atoms with van der Waals surface area (Å²) in [5.74, 6) is -3.23. The van der Waals surface area contributed by atoms with Crippen LogP contribution < -0.4 is 11.1 Å². The van der Waals surface area contributed by atoms with Crippen LogP contribution >= 0.6 is 0 Å². The second kappa shape index (κ2) is 10.6. The van der Waals surface area contributed by atoms with Crippen molar-refractivity contribution < 1.29 is 33.0 Å². The molecule has 4 rings (SSSR count). The van der Waals surface area contributed by atoms with Crippen LogP contribution in [0, 0.1) is 5.41 Å². The van der Waals surface area contributed by atoms with Gasteiger partial charge in [0.1, 0.15) is 5.52 Å². The molecule has 1 aliphatic carbocycles. The number of benzene rings is 2. The fourth-order valence-electron chi connectivity index (χ4n) is 3.47. The van der Waals surface area contributed by atoms with E-state index < -0.39 is 18.1 Å². The topological polar surface area (TPSA) is 130 Å². The number of carboxylic acids is 1. The molecule has 1 fully saturated rings. The van der Waals surface area contributed by atoms with Gasteiger partial charge in [-0.05, 0) is 43.2 Å². The number of fused-ring (bicyclic) bond motifs is 1. The Kier molecular flexibility index (Phi) is 8.27. The zero-order valence-electron chi connectivity index (χ0n) is 17.5. The molecule has 1 saturated carbocycles. The number of nitrogens with one attached hydrogen (secondary N) is 1. The summed E-state index contributed by atoms with van der Waals surface area (Å²) < 4.78 is 33.5. The lowest BCUT2D eigenvalue weighted by Gasteiger charge is -2.40. The Bertz CT molecular complexity index is 1130. The lowest BCUT2D eigenvalue weighted by atomic mass is 9.69. The number of aliphatic hydroxyl groups excluding tert-OH is 1. The molecule has 8 nitrogen and oxygen atoms in total. The Labute approximate surface area is 194 Å². The summed E-state index contributed by atoms with van der Waals surface area (Å²) in [5.41, 5.74) is 8.43. The van der Waals surface area contributed by atoms with Gasteiger partial charge in [-0.3, -0.25) is 4.79 Å². The molecule has 3 aromatic rings. The number of alkyl halides is 3. The highest BCUT2D eigenvalue weighted by Crippen LogP contribution is 2.40. The lowest BCUT2D eigenvalue weighted by Crippen LogP contribution is -2.39. The molecule has 0 bridgehead atoms. The maximum Gasteiger partial charge on any atom is 0.490 e. The van der Waals surface area contributed by atoms with Crippen LogP contribution in [-0.4, -0.2) is 51.2 Å². The summed E-state index contributed by atoms with van der Waals surface area (Å²) in [5, 5.41) is 25.5. The molecule has 1 heterocycles. The summed E-state index contributed by atoms with van der Waals surface area (Å²) in [6.07, 6.45) is 0.161. The number of carbonyl (C=O) groups excluding carboxylic acids is 1. The Morgan fingerprint density at radius 1 is 1.15 bits per heavy atom. The SMILES string of the molecule is C.NC(=O)c1cccc2cn(-c3ccc(NCC4(CO)CCC4)cc3)nc12.O=C(O)C(F)(F)F. The number of nitrogens with two attached hydrogens (primary N) is 1. The number of rotatable bonds is 6. The maximum atomic E-state index is 11.6. The smallest absolute Gasteiger partial charge is 0.475 e. The molecule has 34 heavy (non-hydrogen) atoms. The van der Waals surface area contributed by atoms with E-state index >= 15 is 0 Å². The number of amides is 1. The lowest BCUT2D eigenvalue weighted by molar-refractivity contribution is -0.192. The highest BCUT2D eigenvalue weighted by atomic mass is 19.4. The molecule has 0 atom stereocenters. The molecule has 0 radical (unpaired) electrons. The molecular formula is C23H27F3N4O4. The van der Waals surface area contributed by atoms with Crippen molar-refractivity contribution in [3.8, 4) is 5.69 Å². The van der Waals surface area contributed by atoms with Crippen LogP contribution in [0.4, 0.5) is 18.9 Å². The first-order chi connectivity index (χ1) is 15.5. The van der Waals surface area contributed by atoms with E-state index in [2.05, 4.69) is 10.4 Å². The molecule has 1 amide bonds. The van der Waals surface area contributed by atoms with E-state index in [-0.39, 0.29) is 19.4 Å². The van der Waals surface area contributed by atoms with E-state index in [9.17, 15) is 23.1 Å². The van der Waals surface area contributed by atoms with Gasteiger partial charge in [0.25, 0.3) is 5.91 Å². The minimum Gasteiger partial charge on any atom is -0.475 e. The third-order valence-corrected chi connectivity index (χ3v) is 5.59. The van der Waals surface area contributed by atoms with Crippen molar-refractivity contribution in [2.75, 3.05) is 18.5 Å². The summed E-state index contributed by atoms with van der Waals surface area (Å²) in [6, 6.07) is 13.4. The molecule has 11 heteroatoms. The average molecular weight is 480 g/mol. The van der Waals surface area contributed by atoms with Crippen LogP contribution in [-0.2, 0) is 4.79 Å². The molecule has 184 valence electrons. The van der Waals surface area contributed by atoms with Crippen LogP contribution in [0.5, 0.6) is 0 Å². The second-order valence-corrected chi connectivity index (χ2v) is 7.90. The van der Waals surface area contributed by atoms with E-state index in [0.29, 0.717) is 11.1 Å². The number of nitrogens with zero attached hydrogens (tertiary/aromatic N) is 2. The average Bonchev–Trinajstić information content (AvgIpc) is 3.17. The minimum atomic E-state index is -5.08. The van der Waals surface area contributed by atoms with Crippen LogP contribution in [0.15, 0.2) is 48.7 Å². The molecular weight excluding hydrogens is 453 g/mol. The molecule has 1 aromatic heterocycles. The van der Waals surface area contributed by atoms with E-state index in [0.717, 1.165) is 36.1 Å². The van der Waals surface area contributed by atoms with Gasteiger partial charge in [-0.2, -0.15) is 18.3 Å². The van der Waals surface area contributed by atoms with Crippen molar-refractivity contribution in [1.82, 2.24) is 9.78 Å². The van der Waals surface area contributed by atoms with Crippen molar-refractivity contribution in [2.24, 2.45) is 11.1 Å². The molecule has 0 spiro atoms. The summed E-state index contributed by atoms with van der Waals surface area (Å²) in [7, 11) is 0. The molecule has 0 saturated heterocycles. The first-order valence-corrected chi connectivity index (χ1v) is 10.1. The van der Waals surface area contributed by atoms with Crippen molar-refractivity contribution in [3.63, 3.8) is 0 Å².